The average Bonchev–Trinajstić information content (AvgIpc) is 2.83. The zero-order valence-corrected chi connectivity index (χ0v) is 15.7. The third-order valence-electron chi connectivity index (χ3n) is 4.42. The largest absolute Gasteiger partial charge is 0.481 e. The molecule has 2 aromatic rings. The van der Waals surface area contributed by atoms with Crippen molar-refractivity contribution in [2.24, 2.45) is 0 Å². The summed E-state index contributed by atoms with van der Waals surface area (Å²) in [7, 11) is 1.48. The summed E-state index contributed by atoms with van der Waals surface area (Å²) in [6.45, 7) is 6.32. The van der Waals surface area contributed by atoms with Gasteiger partial charge < -0.3 is 19.7 Å². The van der Waals surface area contributed by atoms with Crippen molar-refractivity contribution < 1.29 is 19.4 Å². The Morgan fingerprint density at radius 2 is 1.88 bits per heavy atom. The van der Waals surface area contributed by atoms with Crippen molar-refractivity contribution in [1.82, 2.24) is 9.88 Å². The molecular formula is C20H26N2O4. The fourth-order valence-electron chi connectivity index (χ4n) is 3.17. The highest BCUT2D eigenvalue weighted by Crippen LogP contribution is 2.19. The van der Waals surface area contributed by atoms with E-state index < -0.39 is 11.5 Å². The van der Waals surface area contributed by atoms with Gasteiger partial charge in [-0.05, 0) is 32.4 Å². The molecule has 0 radical (unpaired) electrons. The number of hydrogen-bond acceptors (Lipinski definition) is 3. The minimum atomic E-state index is -0.987. The number of ether oxygens (including phenoxy) is 1. The minimum Gasteiger partial charge on any atom is -0.481 e. The molecule has 1 heterocycles. The molecule has 0 saturated carbocycles. The number of aliphatic carboxylic acids is 1. The van der Waals surface area contributed by atoms with Crippen LogP contribution in [0.15, 0.2) is 36.4 Å². The molecule has 2 rings (SSSR count). The van der Waals surface area contributed by atoms with Gasteiger partial charge in [-0.25, -0.2) is 0 Å². The SMILES string of the molecule is COCC(C)(CC(=O)O)NC(=O)c1cc(C)n(Cc2ccccc2)c1C. The maximum atomic E-state index is 12.8. The van der Waals surface area contributed by atoms with Crippen LogP contribution in [0.2, 0.25) is 0 Å². The van der Waals surface area contributed by atoms with Gasteiger partial charge in [-0.3, -0.25) is 9.59 Å². The van der Waals surface area contributed by atoms with Crippen LogP contribution < -0.4 is 5.32 Å². The number of benzene rings is 1. The lowest BCUT2D eigenvalue weighted by Gasteiger charge is -2.28. The first-order valence-electron chi connectivity index (χ1n) is 8.49. The summed E-state index contributed by atoms with van der Waals surface area (Å²) < 4.78 is 7.18. The van der Waals surface area contributed by atoms with E-state index in [1.165, 1.54) is 7.11 Å². The van der Waals surface area contributed by atoms with Crippen molar-refractivity contribution in [3.8, 4) is 0 Å². The summed E-state index contributed by atoms with van der Waals surface area (Å²) in [6, 6.07) is 11.9. The topological polar surface area (TPSA) is 80.6 Å². The lowest BCUT2D eigenvalue weighted by atomic mass is 9.98. The molecule has 2 N–H and O–H groups in total. The Kier molecular flexibility index (Phi) is 6.21. The maximum absolute atomic E-state index is 12.8. The first-order chi connectivity index (χ1) is 12.3. The van der Waals surface area contributed by atoms with Gasteiger partial charge in [-0.1, -0.05) is 30.3 Å². The highest BCUT2D eigenvalue weighted by Gasteiger charge is 2.31. The lowest BCUT2D eigenvalue weighted by molar-refractivity contribution is -0.139. The number of nitrogens with zero attached hydrogens (tertiary/aromatic N) is 1. The molecule has 1 unspecified atom stereocenters. The number of carbonyl (C=O) groups is 2. The third-order valence-corrected chi connectivity index (χ3v) is 4.42. The molecule has 6 nitrogen and oxygen atoms in total. The fourth-order valence-corrected chi connectivity index (χ4v) is 3.17. The molecule has 0 saturated heterocycles. The van der Waals surface area contributed by atoms with Crippen molar-refractivity contribution in [2.75, 3.05) is 13.7 Å². The number of nitrogens with one attached hydrogen (secondary N) is 1. The Morgan fingerprint density at radius 3 is 2.46 bits per heavy atom. The summed E-state index contributed by atoms with van der Waals surface area (Å²) in [5.74, 6) is -1.28. The van der Waals surface area contributed by atoms with Gasteiger partial charge in [0, 0.05) is 25.0 Å². The lowest BCUT2D eigenvalue weighted by Crippen LogP contribution is -2.50. The summed E-state index contributed by atoms with van der Waals surface area (Å²) >= 11 is 0. The van der Waals surface area contributed by atoms with Gasteiger partial charge in [-0.2, -0.15) is 0 Å². The van der Waals surface area contributed by atoms with Gasteiger partial charge in [0.2, 0.25) is 0 Å². The second-order valence-electron chi connectivity index (χ2n) is 6.87. The van der Waals surface area contributed by atoms with E-state index >= 15 is 0 Å². The molecule has 6 heteroatoms. The first kappa shape index (κ1) is 19.7. The third kappa shape index (κ3) is 4.73. The zero-order chi connectivity index (χ0) is 19.3. The van der Waals surface area contributed by atoms with E-state index in [2.05, 4.69) is 9.88 Å². The van der Waals surface area contributed by atoms with Crippen LogP contribution in [-0.2, 0) is 16.1 Å². The molecule has 0 aliphatic heterocycles. The second-order valence-corrected chi connectivity index (χ2v) is 6.87. The van der Waals surface area contributed by atoms with Crippen LogP contribution in [0.3, 0.4) is 0 Å². The van der Waals surface area contributed by atoms with Crippen LogP contribution >= 0.6 is 0 Å². The van der Waals surface area contributed by atoms with Gasteiger partial charge in [0.25, 0.3) is 5.91 Å². The smallest absolute Gasteiger partial charge is 0.305 e. The summed E-state index contributed by atoms with van der Waals surface area (Å²) in [5.41, 5.74) is 2.55. The minimum absolute atomic E-state index is 0.119. The van der Waals surface area contributed by atoms with E-state index in [9.17, 15) is 9.59 Å². The van der Waals surface area contributed by atoms with E-state index in [0.29, 0.717) is 12.1 Å². The molecule has 1 aromatic carbocycles. The number of amides is 1. The quantitative estimate of drug-likeness (QED) is 0.760. The summed E-state index contributed by atoms with van der Waals surface area (Å²) in [6.07, 6.45) is -0.213. The normalized spacial score (nSPS) is 13.2. The standard InChI is InChI=1S/C20H26N2O4/c1-14-10-17(15(2)22(14)12-16-8-6-5-7-9-16)19(25)21-20(3,13-26-4)11-18(23)24/h5-10H,11-13H2,1-4H3,(H,21,25)(H,23,24). The van der Waals surface area contributed by atoms with Crippen LogP contribution in [0.1, 0.15) is 40.7 Å². The Labute approximate surface area is 153 Å². The monoisotopic (exact) mass is 358 g/mol. The number of hydrogen-bond donors (Lipinski definition) is 2. The van der Waals surface area contributed by atoms with Crippen LogP contribution in [-0.4, -0.2) is 40.8 Å². The molecule has 1 atom stereocenters. The van der Waals surface area contributed by atoms with Crippen LogP contribution in [0.4, 0.5) is 0 Å². The van der Waals surface area contributed by atoms with Crippen LogP contribution in [0, 0.1) is 13.8 Å². The number of carboxylic acid groups (broad SMARTS) is 1. The number of aromatic nitrogens is 1. The maximum Gasteiger partial charge on any atom is 0.305 e. The summed E-state index contributed by atoms with van der Waals surface area (Å²) in [4.78, 5) is 23.9. The van der Waals surface area contributed by atoms with E-state index in [0.717, 1.165) is 17.0 Å². The molecule has 0 aliphatic carbocycles. The van der Waals surface area contributed by atoms with E-state index in [1.54, 1.807) is 6.92 Å². The Bertz CT molecular complexity index is 783. The number of rotatable bonds is 8. The van der Waals surface area contributed by atoms with Crippen molar-refractivity contribution in [2.45, 2.75) is 39.3 Å². The molecule has 1 aromatic heterocycles. The number of methoxy groups -OCH3 is 1. The highest BCUT2D eigenvalue weighted by atomic mass is 16.5. The molecule has 1 amide bonds. The highest BCUT2D eigenvalue weighted by molar-refractivity contribution is 5.96. The van der Waals surface area contributed by atoms with Crippen LogP contribution in [0.25, 0.3) is 0 Å². The van der Waals surface area contributed by atoms with Gasteiger partial charge in [0.15, 0.2) is 0 Å². The predicted octanol–water partition coefficient (Wildman–Crippen LogP) is 2.76. The Balaban J connectivity index is 2.24. The van der Waals surface area contributed by atoms with Crippen LogP contribution in [0.5, 0.6) is 0 Å². The molecule has 0 spiro atoms. The summed E-state index contributed by atoms with van der Waals surface area (Å²) in [5, 5.41) is 11.9. The molecule has 140 valence electrons. The number of aryl methyl sites for hydroxylation is 1. The fraction of sp³-hybridized carbons (Fsp3) is 0.400. The van der Waals surface area contributed by atoms with E-state index in [4.69, 9.17) is 9.84 Å². The van der Waals surface area contributed by atoms with E-state index in [1.807, 2.05) is 50.2 Å². The van der Waals surface area contributed by atoms with Crippen molar-refractivity contribution >= 4 is 11.9 Å². The Morgan fingerprint density at radius 1 is 1.23 bits per heavy atom. The van der Waals surface area contributed by atoms with Crippen molar-refractivity contribution in [3.05, 3.63) is 58.9 Å². The van der Waals surface area contributed by atoms with Gasteiger partial charge in [0.1, 0.15) is 0 Å². The van der Waals surface area contributed by atoms with Gasteiger partial charge in [-0.15, -0.1) is 0 Å². The first-order valence-corrected chi connectivity index (χ1v) is 8.49. The average molecular weight is 358 g/mol. The number of carboxylic acids is 1. The molecule has 0 bridgehead atoms. The van der Waals surface area contributed by atoms with E-state index in [-0.39, 0.29) is 18.9 Å². The van der Waals surface area contributed by atoms with Gasteiger partial charge in [0.05, 0.1) is 24.1 Å². The molecular weight excluding hydrogens is 332 g/mol. The molecule has 26 heavy (non-hydrogen) atoms. The molecule has 0 aliphatic rings. The number of carbonyl (C=O) groups excluding carboxylic acids is 1. The molecule has 0 fully saturated rings. The zero-order valence-electron chi connectivity index (χ0n) is 15.7. The predicted molar refractivity (Wildman–Crippen MR) is 99.5 cm³/mol. The Hall–Kier alpha value is -2.60. The second kappa shape index (κ2) is 8.19. The van der Waals surface area contributed by atoms with Crippen molar-refractivity contribution in [3.63, 3.8) is 0 Å². The van der Waals surface area contributed by atoms with Crippen molar-refractivity contribution in [1.29, 1.82) is 0 Å². The van der Waals surface area contributed by atoms with Gasteiger partial charge >= 0.3 is 5.97 Å².